The van der Waals surface area contributed by atoms with Crippen LogP contribution in [0.15, 0.2) is 6.20 Å². The predicted octanol–water partition coefficient (Wildman–Crippen LogP) is 2.11. The van der Waals surface area contributed by atoms with Crippen LogP contribution < -0.4 is 4.74 Å². The van der Waals surface area contributed by atoms with E-state index in [0.717, 1.165) is 7.11 Å². The van der Waals surface area contributed by atoms with E-state index < -0.39 is 40.0 Å². The minimum absolute atomic E-state index is 0.108. The molecule has 1 aromatic rings. The zero-order valence-corrected chi connectivity index (χ0v) is 10.1. The summed E-state index contributed by atoms with van der Waals surface area (Å²) in [5.74, 6) is -1.77. The van der Waals surface area contributed by atoms with Crippen LogP contribution in [0.25, 0.3) is 0 Å². The first-order valence-corrected chi connectivity index (χ1v) is 5.10. The van der Waals surface area contributed by atoms with E-state index in [1.807, 2.05) is 0 Å². The number of rotatable bonds is 5. The number of aromatic nitrogens is 1. The van der Waals surface area contributed by atoms with Crippen molar-refractivity contribution in [2.75, 3.05) is 13.7 Å². The number of carbonyl (C=O) groups excluding carboxylic acids is 1. The van der Waals surface area contributed by atoms with Crippen LogP contribution in [-0.4, -0.2) is 29.6 Å². The molecule has 0 aromatic carbocycles. The standard InChI is InChI=1S/C10H10F2N2O5/c1-3-19-10(15)6-5(14(16)17)4-13-9(18-2)7(6)8(11)12/h4,8H,3H2,1-2H3. The van der Waals surface area contributed by atoms with Crippen molar-refractivity contribution in [2.45, 2.75) is 13.3 Å². The molecule has 0 saturated carbocycles. The smallest absolute Gasteiger partial charge is 0.345 e. The SMILES string of the molecule is CCOC(=O)c1c([N+](=O)[O-])cnc(OC)c1C(F)F. The molecule has 0 aliphatic heterocycles. The second kappa shape index (κ2) is 6.03. The molecule has 0 aliphatic rings. The number of methoxy groups -OCH3 is 1. The first-order valence-electron chi connectivity index (χ1n) is 5.10. The largest absolute Gasteiger partial charge is 0.481 e. The summed E-state index contributed by atoms with van der Waals surface area (Å²) in [5, 5.41) is 10.8. The van der Waals surface area contributed by atoms with Gasteiger partial charge in [0.05, 0.1) is 18.6 Å². The van der Waals surface area contributed by atoms with E-state index in [0.29, 0.717) is 6.20 Å². The van der Waals surface area contributed by atoms with E-state index in [1.54, 1.807) is 0 Å². The van der Waals surface area contributed by atoms with Crippen molar-refractivity contribution in [1.82, 2.24) is 4.98 Å². The van der Waals surface area contributed by atoms with Crippen molar-refractivity contribution in [3.8, 4) is 5.88 Å². The highest BCUT2D eigenvalue weighted by Crippen LogP contribution is 2.35. The van der Waals surface area contributed by atoms with Crippen molar-refractivity contribution in [2.24, 2.45) is 0 Å². The van der Waals surface area contributed by atoms with Crippen LogP contribution in [0.4, 0.5) is 14.5 Å². The molecule has 9 heteroatoms. The molecule has 0 aliphatic carbocycles. The number of esters is 1. The minimum Gasteiger partial charge on any atom is -0.481 e. The van der Waals surface area contributed by atoms with E-state index in [-0.39, 0.29) is 6.61 Å². The van der Waals surface area contributed by atoms with Crippen LogP contribution in [0.1, 0.15) is 29.3 Å². The van der Waals surface area contributed by atoms with Gasteiger partial charge in [0.2, 0.25) is 5.88 Å². The molecule has 0 bridgehead atoms. The fourth-order valence-corrected chi connectivity index (χ4v) is 1.42. The number of nitrogens with zero attached hydrogens (tertiary/aromatic N) is 2. The lowest BCUT2D eigenvalue weighted by Gasteiger charge is -2.11. The number of halogens is 2. The highest BCUT2D eigenvalue weighted by Gasteiger charge is 2.33. The molecule has 1 aromatic heterocycles. The van der Waals surface area contributed by atoms with Gasteiger partial charge in [-0.25, -0.2) is 18.6 Å². The molecule has 0 atom stereocenters. The van der Waals surface area contributed by atoms with E-state index in [4.69, 9.17) is 0 Å². The van der Waals surface area contributed by atoms with Gasteiger partial charge >= 0.3 is 11.7 Å². The van der Waals surface area contributed by atoms with Crippen LogP contribution in [0.2, 0.25) is 0 Å². The maximum atomic E-state index is 13.0. The molecule has 0 saturated heterocycles. The Balaban J connectivity index is 3.58. The van der Waals surface area contributed by atoms with Gasteiger partial charge in [-0.1, -0.05) is 0 Å². The summed E-state index contributed by atoms with van der Waals surface area (Å²) in [4.78, 5) is 24.8. The minimum atomic E-state index is -3.17. The monoisotopic (exact) mass is 276 g/mol. The normalized spacial score (nSPS) is 10.4. The van der Waals surface area contributed by atoms with Gasteiger partial charge in [-0.15, -0.1) is 0 Å². The van der Waals surface area contributed by atoms with E-state index in [9.17, 15) is 23.7 Å². The fourth-order valence-electron chi connectivity index (χ4n) is 1.42. The maximum Gasteiger partial charge on any atom is 0.345 e. The summed E-state index contributed by atoms with van der Waals surface area (Å²) >= 11 is 0. The molecule has 0 N–H and O–H groups in total. The van der Waals surface area contributed by atoms with Gasteiger partial charge in [-0.05, 0) is 6.92 Å². The molecule has 0 radical (unpaired) electrons. The number of hydrogen-bond donors (Lipinski definition) is 0. The highest BCUT2D eigenvalue weighted by atomic mass is 19.3. The van der Waals surface area contributed by atoms with Gasteiger partial charge < -0.3 is 9.47 Å². The molecule has 0 amide bonds. The number of pyridine rings is 1. The third-order valence-electron chi connectivity index (χ3n) is 2.15. The second-order valence-corrected chi connectivity index (χ2v) is 3.22. The van der Waals surface area contributed by atoms with Gasteiger partial charge in [0, 0.05) is 0 Å². The van der Waals surface area contributed by atoms with Crippen molar-refractivity contribution < 1.29 is 28.0 Å². The second-order valence-electron chi connectivity index (χ2n) is 3.22. The summed E-state index contributed by atoms with van der Waals surface area (Å²) in [6, 6.07) is 0. The third kappa shape index (κ3) is 2.92. The molecule has 104 valence electrons. The van der Waals surface area contributed by atoms with Crippen LogP contribution >= 0.6 is 0 Å². The highest BCUT2D eigenvalue weighted by molar-refractivity contribution is 5.96. The summed E-state index contributed by atoms with van der Waals surface area (Å²) in [7, 11) is 1.06. The number of nitro groups is 1. The molecule has 1 rings (SSSR count). The maximum absolute atomic E-state index is 13.0. The lowest BCUT2D eigenvalue weighted by Crippen LogP contribution is -2.13. The first kappa shape index (κ1) is 14.7. The predicted molar refractivity (Wildman–Crippen MR) is 58.4 cm³/mol. The average molecular weight is 276 g/mol. The molecular formula is C10H10F2N2O5. The number of ether oxygens (including phenoxy) is 2. The number of hydrogen-bond acceptors (Lipinski definition) is 6. The van der Waals surface area contributed by atoms with Crippen LogP contribution in [-0.2, 0) is 4.74 Å². The van der Waals surface area contributed by atoms with E-state index in [1.165, 1.54) is 6.92 Å². The lowest BCUT2D eigenvalue weighted by atomic mass is 10.1. The Morgan fingerprint density at radius 2 is 2.21 bits per heavy atom. The fraction of sp³-hybridized carbons (Fsp3) is 0.400. The average Bonchev–Trinajstić information content (AvgIpc) is 2.36. The molecule has 19 heavy (non-hydrogen) atoms. The molecule has 7 nitrogen and oxygen atoms in total. The molecule has 0 unspecified atom stereocenters. The zero-order valence-electron chi connectivity index (χ0n) is 10.1. The van der Waals surface area contributed by atoms with Crippen molar-refractivity contribution in [1.29, 1.82) is 0 Å². The van der Waals surface area contributed by atoms with Crippen LogP contribution in [0, 0.1) is 10.1 Å². The summed E-state index contributed by atoms with van der Waals surface area (Å²) in [6.07, 6.45) is -2.49. The zero-order chi connectivity index (χ0) is 14.6. The molecular weight excluding hydrogens is 266 g/mol. The van der Waals surface area contributed by atoms with Crippen LogP contribution in [0.5, 0.6) is 5.88 Å². The topological polar surface area (TPSA) is 91.6 Å². The van der Waals surface area contributed by atoms with Crippen molar-refractivity contribution >= 4 is 11.7 Å². The van der Waals surface area contributed by atoms with Gasteiger partial charge in [0.1, 0.15) is 11.8 Å². The number of carbonyl (C=O) groups is 1. The first-order chi connectivity index (χ1) is 8.93. The Hall–Kier alpha value is -2.32. The summed E-state index contributed by atoms with van der Waals surface area (Å²) < 4.78 is 35.1. The summed E-state index contributed by atoms with van der Waals surface area (Å²) in [5.41, 5.74) is -2.64. The Morgan fingerprint density at radius 3 is 2.63 bits per heavy atom. The van der Waals surface area contributed by atoms with Crippen molar-refractivity contribution in [3.05, 3.63) is 27.4 Å². The molecule has 0 spiro atoms. The Kier molecular flexibility index (Phi) is 4.67. The quantitative estimate of drug-likeness (QED) is 0.464. The van der Waals surface area contributed by atoms with Gasteiger partial charge in [-0.3, -0.25) is 10.1 Å². The molecule has 0 fully saturated rings. The third-order valence-corrected chi connectivity index (χ3v) is 2.15. The van der Waals surface area contributed by atoms with E-state index >= 15 is 0 Å². The van der Waals surface area contributed by atoms with E-state index in [2.05, 4.69) is 14.5 Å². The van der Waals surface area contributed by atoms with Gasteiger partial charge in [-0.2, -0.15) is 0 Å². The number of alkyl halides is 2. The Bertz CT molecular complexity index is 507. The van der Waals surface area contributed by atoms with Gasteiger partial charge in [0.15, 0.2) is 5.56 Å². The Labute approximate surface area is 106 Å². The summed E-state index contributed by atoms with van der Waals surface area (Å²) in [6.45, 7) is 1.34. The van der Waals surface area contributed by atoms with Gasteiger partial charge in [0.25, 0.3) is 6.43 Å². The lowest BCUT2D eigenvalue weighted by molar-refractivity contribution is -0.385. The van der Waals surface area contributed by atoms with Crippen LogP contribution in [0.3, 0.4) is 0 Å². The van der Waals surface area contributed by atoms with Crippen molar-refractivity contribution in [3.63, 3.8) is 0 Å². The molecule has 1 heterocycles. The Morgan fingerprint density at radius 1 is 1.58 bits per heavy atom.